The van der Waals surface area contributed by atoms with Gasteiger partial charge in [-0.05, 0) is 12.1 Å². The SMILES string of the molecule is COc1ncc(-c2ccc(=S)[nH]n2)s1. The van der Waals surface area contributed by atoms with E-state index in [0.717, 1.165) is 10.6 Å². The minimum atomic E-state index is 0.616. The van der Waals surface area contributed by atoms with Crippen LogP contribution < -0.4 is 4.74 Å². The quantitative estimate of drug-likeness (QED) is 0.797. The molecule has 0 amide bonds. The molecule has 0 aliphatic heterocycles. The van der Waals surface area contributed by atoms with E-state index in [2.05, 4.69) is 15.2 Å². The summed E-state index contributed by atoms with van der Waals surface area (Å²) in [5.41, 5.74) is 0.819. The lowest BCUT2D eigenvalue weighted by molar-refractivity contribution is 0.412. The van der Waals surface area contributed by atoms with Crippen LogP contribution in [-0.4, -0.2) is 22.3 Å². The van der Waals surface area contributed by atoms with Crippen LogP contribution in [0, 0.1) is 4.64 Å². The minimum absolute atomic E-state index is 0.616. The Labute approximate surface area is 89.6 Å². The van der Waals surface area contributed by atoms with Gasteiger partial charge in [-0.1, -0.05) is 23.6 Å². The molecule has 2 heterocycles. The molecule has 2 aromatic rings. The number of hydrogen-bond donors (Lipinski definition) is 1. The fourth-order valence-electron chi connectivity index (χ4n) is 0.953. The van der Waals surface area contributed by atoms with E-state index in [1.807, 2.05) is 6.07 Å². The summed E-state index contributed by atoms with van der Waals surface area (Å²) in [5, 5.41) is 7.44. The van der Waals surface area contributed by atoms with Crippen molar-refractivity contribution in [3.8, 4) is 15.8 Å². The molecule has 2 rings (SSSR count). The Kier molecular flexibility index (Phi) is 2.55. The van der Waals surface area contributed by atoms with Crippen LogP contribution in [0.1, 0.15) is 0 Å². The first-order valence-electron chi connectivity index (χ1n) is 3.85. The summed E-state index contributed by atoms with van der Waals surface area (Å²) in [7, 11) is 1.59. The van der Waals surface area contributed by atoms with Gasteiger partial charge in [0.1, 0.15) is 10.3 Å². The van der Waals surface area contributed by atoms with Gasteiger partial charge in [0.15, 0.2) is 0 Å². The standard InChI is InChI=1S/C8H7N3OS2/c1-12-8-9-4-6(14-8)5-2-3-7(13)11-10-5/h2-4H,1H3,(H,11,13). The van der Waals surface area contributed by atoms with E-state index in [1.165, 1.54) is 11.3 Å². The molecule has 0 fully saturated rings. The Balaban J connectivity index is 2.39. The predicted molar refractivity (Wildman–Crippen MR) is 57.1 cm³/mol. The third-order valence-corrected chi connectivity index (χ3v) is 2.80. The molecule has 0 unspecified atom stereocenters. The van der Waals surface area contributed by atoms with Crippen molar-refractivity contribution in [3.05, 3.63) is 23.0 Å². The van der Waals surface area contributed by atoms with Crippen molar-refractivity contribution in [2.24, 2.45) is 0 Å². The molecular formula is C8H7N3OS2. The van der Waals surface area contributed by atoms with Gasteiger partial charge < -0.3 is 4.74 Å². The van der Waals surface area contributed by atoms with Crippen LogP contribution in [0.3, 0.4) is 0 Å². The lowest BCUT2D eigenvalue weighted by atomic mass is 10.3. The van der Waals surface area contributed by atoms with Crippen LogP contribution >= 0.6 is 23.6 Å². The van der Waals surface area contributed by atoms with Gasteiger partial charge in [0.05, 0.1) is 18.2 Å². The number of ether oxygens (including phenoxy) is 1. The Hall–Kier alpha value is -1.27. The molecule has 6 heteroatoms. The van der Waals surface area contributed by atoms with Gasteiger partial charge in [0, 0.05) is 0 Å². The molecular weight excluding hydrogens is 218 g/mol. The van der Waals surface area contributed by atoms with Crippen LogP contribution in [0.4, 0.5) is 0 Å². The van der Waals surface area contributed by atoms with Crippen LogP contribution in [0.15, 0.2) is 18.3 Å². The Morgan fingerprint density at radius 3 is 2.93 bits per heavy atom. The van der Waals surface area contributed by atoms with Crippen molar-refractivity contribution in [2.45, 2.75) is 0 Å². The fraction of sp³-hybridized carbons (Fsp3) is 0.125. The molecule has 0 bridgehead atoms. The topological polar surface area (TPSA) is 50.8 Å². The zero-order chi connectivity index (χ0) is 9.97. The average Bonchev–Trinajstić information content (AvgIpc) is 2.67. The highest BCUT2D eigenvalue weighted by atomic mass is 32.1. The molecule has 1 N–H and O–H groups in total. The first-order chi connectivity index (χ1) is 6.79. The number of methoxy groups -OCH3 is 1. The van der Waals surface area contributed by atoms with Crippen LogP contribution in [0.25, 0.3) is 10.6 Å². The van der Waals surface area contributed by atoms with Gasteiger partial charge in [-0.15, -0.1) is 0 Å². The van der Waals surface area contributed by atoms with Gasteiger partial charge in [-0.3, -0.25) is 5.10 Å². The maximum Gasteiger partial charge on any atom is 0.273 e. The number of rotatable bonds is 2. The highest BCUT2D eigenvalue weighted by molar-refractivity contribution is 7.71. The summed E-state index contributed by atoms with van der Waals surface area (Å²) < 4.78 is 5.60. The van der Waals surface area contributed by atoms with Crippen LogP contribution in [0.2, 0.25) is 0 Å². The number of nitrogens with one attached hydrogen (secondary N) is 1. The van der Waals surface area contributed by atoms with E-state index in [4.69, 9.17) is 17.0 Å². The molecule has 0 saturated heterocycles. The number of thiazole rings is 1. The molecule has 72 valence electrons. The Bertz CT molecular complexity index is 471. The minimum Gasteiger partial charge on any atom is -0.473 e. The van der Waals surface area contributed by atoms with Crippen LogP contribution in [0.5, 0.6) is 5.19 Å². The Morgan fingerprint density at radius 2 is 2.36 bits per heavy atom. The fourth-order valence-corrected chi connectivity index (χ4v) is 1.77. The van der Waals surface area contributed by atoms with Crippen molar-refractivity contribution in [2.75, 3.05) is 7.11 Å². The van der Waals surface area contributed by atoms with Gasteiger partial charge in [0.2, 0.25) is 0 Å². The summed E-state index contributed by atoms with van der Waals surface area (Å²) in [6.07, 6.45) is 1.72. The molecule has 4 nitrogen and oxygen atoms in total. The summed E-state index contributed by atoms with van der Waals surface area (Å²) in [5.74, 6) is 0. The van der Waals surface area contributed by atoms with Crippen molar-refractivity contribution in [1.29, 1.82) is 0 Å². The summed E-state index contributed by atoms with van der Waals surface area (Å²) in [6, 6.07) is 3.65. The maximum absolute atomic E-state index is 4.99. The highest BCUT2D eigenvalue weighted by Crippen LogP contribution is 2.27. The zero-order valence-corrected chi connectivity index (χ0v) is 8.98. The summed E-state index contributed by atoms with van der Waals surface area (Å²) >= 11 is 6.34. The molecule has 0 radical (unpaired) electrons. The number of hydrogen-bond acceptors (Lipinski definition) is 5. The van der Waals surface area contributed by atoms with Crippen molar-refractivity contribution in [3.63, 3.8) is 0 Å². The van der Waals surface area contributed by atoms with E-state index in [9.17, 15) is 0 Å². The Morgan fingerprint density at radius 1 is 1.50 bits per heavy atom. The lowest BCUT2D eigenvalue weighted by Gasteiger charge is -1.92. The second kappa shape index (κ2) is 3.85. The molecule has 0 saturated carbocycles. The van der Waals surface area contributed by atoms with E-state index in [1.54, 1.807) is 19.4 Å². The number of aromatic nitrogens is 3. The van der Waals surface area contributed by atoms with Crippen LogP contribution in [-0.2, 0) is 0 Å². The van der Waals surface area contributed by atoms with E-state index < -0.39 is 0 Å². The summed E-state index contributed by atoms with van der Waals surface area (Å²) in [4.78, 5) is 5.00. The van der Waals surface area contributed by atoms with E-state index in [-0.39, 0.29) is 0 Å². The predicted octanol–water partition coefficient (Wildman–Crippen LogP) is 2.27. The second-order valence-electron chi connectivity index (χ2n) is 2.50. The van der Waals surface area contributed by atoms with Gasteiger partial charge in [0.25, 0.3) is 5.19 Å². The molecule has 0 spiro atoms. The van der Waals surface area contributed by atoms with E-state index in [0.29, 0.717) is 9.83 Å². The molecule has 2 aromatic heterocycles. The molecule has 0 atom stereocenters. The first-order valence-corrected chi connectivity index (χ1v) is 5.08. The number of nitrogens with zero attached hydrogens (tertiary/aromatic N) is 2. The van der Waals surface area contributed by atoms with Gasteiger partial charge in [-0.25, -0.2) is 4.98 Å². The monoisotopic (exact) mass is 225 g/mol. The average molecular weight is 225 g/mol. The molecule has 0 aromatic carbocycles. The third kappa shape index (κ3) is 1.80. The van der Waals surface area contributed by atoms with Crippen molar-refractivity contribution < 1.29 is 4.74 Å². The van der Waals surface area contributed by atoms with Crippen molar-refractivity contribution in [1.82, 2.24) is 15.2 Å². The van der Waals surface area contributed by atoms with E-state index >= 15 is 0 Å². The largest absolute Gasteiger partial charge is 0.473 e. The normalized spacial score (nSPS) is 10.1. The lowest BCUT2D eigenvalue weighted by Crippen LogP contribution is -1.83. The van der Waals surface area contributed by atoms with Gasteiger partial charge in [-0.2, -0.15) is 5.10 Å². The second-order valence-corrected chi connectivity index (χ2v) is 3.93. The first kappa shape index (κ1) is 9.29. The van der Waals surface area contributed by atoms with Gasteiger partial charge >= 0.3 is 0 Å². The number of H-pyrrole nitrogens is 1. The molecule has 14 heavy (non-hydrogen) atoms. The third-order valence-electron chi connectivity index (χ3n) is 1.59. The summed E-state index contributed by atoms with van der Waals surface area (Å²) in [6.45, 7) is 0. The number of aromatic amines is 1. The molecule has 0 aliphatic rings. The maximum atomic E-state index is 4.99. The zero-order valence-electron chi connectivity index (χ0n) is 7.35. The smallest absolute Gasteiger partial charge is 0.273 e. The molecule has 0 aliphatic carbocycles. The van der Waals surface area contributed by atoms with Crippen molar-refractivity contribution >= 4 is 23.6 Å². The highest BCUT2D eigenvalue weighted by Gasteiger charge is 2.04.